The van der Waals surface area contributed by atoms with E-state index >= 15 is 0 Å². The monoisotopic (exact) mass is 282 g/mol. The molecule has 0 amide bonds. The van der Waals surface area contributed by atoms with Crippen molar-refractivity contribution < 1.29 is 14.8 Å². The van der Waals surface area contributed by atoms with E-state index in [4.69, 9.17) is 4.74 Å². The highest BCUT2D eigenvalue weighted by Gasteiger charge is 2.22. The number of benzene rings is 1. The highest BCUT2D eigenvalue weighted by Crippen LogP contribution is 2.27. The average Bonchev–Trinajstić information content (AvgIpc) is 2.45. The third-order valence-corrected chi connectivity index (χ3v) is 3.31. The van der Waals surface area contributed by atoms with Crippen LogP contribution in [0.1, 0.15) is 32.3 Å². The lowest BCUT2D eigenvalue weighted by atomic mass is 9.97. The minimum Gasteiger partial charge on any atom is -0.490 e. The van der Waals surface area contributed by atoms with Gasteiger partial charge >= 0.3 is 5.69 Å². The van der Waals surface area contributed by atoms with Crippen LogP contribution in [0.25, 0.3) is 0 Å². The Hall–Kier alpha value is -1.66. The van der Waals surface area contributed by atoms with E-state index in [1.165, 1.54) is 13.2 Å². The van der Waals surface area contributed by atoms with Gasteiger partial charge in [-0.15, -0.1) is 0 Å². The van der Waals surface area contributed by atoms with Crippen molar-refractivity contribution >= 4 is 5.69 Å². The second kappa shape index (κ2) is 7.21. The minimum atomic E-state index is -0.459. The highest BCUT2D eigenvalue weighted by molar-refractivity contribution is 5.48. The van der Waals surface area contributed by atoms with E-state index in [1.54, 1.807) is 12.1 Å². The van der Waals surface area contributed by atoms with Gasteiger partial charge in [0.1, 0.15) is 0 Å². The number of nitro groups is 1. The Morgan fingerprint density at radius 1 is 1.50 bits per heavy atom. The Kier molecular flexibility index (Phi) is 5.91. The summed E-state index contributed by atoms with van der Waals surface area (Å²) in [6, 6.07) is 4.86. The summed E-state index contributed by atoms with van der Waals surface area (Å²) in [6.45, 7) is 4.48. The molecule has 6 nitrogen and oxygen atoms in total. The van der Waals surface area contributed by atoms with E-state index in [0.717, 1.165) is 18.4 Å². The fourth-order valence-corrected chi connectivity index (χ4v) is 2.08. The maximum absolute atomic E-state index is 11.0. The van der Waals surface area contributed by atoms with E-state index in [0.29, 0.717) is 6.54 Å². The predicted octanol–water partition coefficient (Wildman–Crippen LogP) is 2.24. The second-order valence-electron chi connectivity index (χ2n) is 5.09. The van der Waals surface area contributed by atoms with Gasteiger partial charge in [-0.3, -0.25) is 10.1 Å². The summed E-state index contributed by atoms with van der Waals surface area (Å²) < 4.78 is 4.96. The van der Waals surface area contributed by atoms with Gasteiger partial charge in [-0.2, -0.15) is 0 Å². The molecule has 1 aromatic carbocycles. The summed E-state index contributed by atoms with van der Waals surface area (Å²) in [5.41, 5.74) is 0.366. The second-order valence-corrected chi connectivity index (χ2v) is 5.09. The molecule has 0 aliphatic carbocycles. The first-order valence-corrected chi connectivity index (χ1v) is 6.63. The quantitative estimate of drug-likeness (QED) is 0.564. The standard InChI is InChI=1S/C14H22N2O4/c1-4-7-14(2,10-17)15-9-11-5-6-13(20-3)12(8-11)16(18)19/h5-6,8,15,17H,4,7,9-10H2,1-3H3. The number of nitrogens with one attached hydrogen (secondary N) is 1. The summed E-state index contributed by atoms with van der Waals surface area (Å²) in [4.78, 5) is 10.5. The van der Waals surface area contributed by atoms with Crippen molar-refractivity contribution in [2.24, 2.45) is 0 Å². The van der Waals surface area contributed by atoms with Crippen molar-refractivity contribution in [1.82, 2.24) is 5.32 Å². The molecule has 0 spiro atoms. The van der Waals surface area contributed by atoms with E-state index in [1.807, 2.05) is 13.8 Å². The molecule has 1 atom stereocenters. The van der Waals surface area contributed by atoms with Crippen molar-refractivity contribution in [2.45, 2.75) is 38.8 Å². The third-order valence-electron chi connectivity index (χ3n) is 3.31. The van der Waals surface area contributed by atoms with E-state index in [9.17, 15) is 15.2 Å². The number of hydrogen-bond acceptors (Lipinski definition) is 5. The first-order valence-electron chi connectivity index (χ1n) is 6.63. The zero-order valence-corrected chi connectivity index (χ0v) is 12.2. The molecule has 0 aromatic heterocycles. The van der Waals surface area contributed by atoms with Crippen LogP contribution in [0, 0.1) is 10.1 Å². The third kappa shape index (κ3) is 4.18. The van der Waals surface area contributed by atoms with Crippen LogP contribution in [0.15, 0.2) is 18.2 Å². The summed E-state index contributed by atoms with van der Waals surface area (Å²) in [7, 11) is 1.41. The molecule has 0 saturated carbocycles. The zero-order valence-electron chi connectivity index (χ0n) is 12.2. The topological polar surface area (TPSA) is 84.6 Å². The number of aliphatic hydroxyl groups is 1. The molecule has 1 rings (SSSR count). The van der Waals surface area contributed by atoms with Gasteiger partial charge in [0, 0.05) is 18.2 Å². The van der Waals surface area contributed by atoms with Crippen molar-refractivity contribution in [3.63, 3.8) is 0 Å². The Bertz CT molecular complexity index is 464. The van der Waals surface area contributed by atoms with Crippen molar-refractivity contribution in [1.29, 1.82) is 0 Å². The molecule has 6 heteroatoms. The molecule has 0 radical (unpaired) electrons. The smallest absolute Gasteiger partial charge is 0.311 e. The Labute approximate surface area is 118 Å². The maximum Gasteiger partial charge on any atom is 0.311 e. The van der Waals surface area contributed by atoms with Gasteiger partial charge in [-0.25, -0.2) is 0 Å². The van der Waals surface area contributed by atoms with Crippen LogP contribution in [0.4, 0.5) is 5.69 Å². The lowest BCUT2D eigenvalue weighted by Gasteiger charge is -2.28. The molecule has 0 fully saturated rings. The molecule has 0 aliphatic heterocycles. The van der Waals surface area contributed by atoms with Crippen LogP contribution in [-0.2, 0) is 6.54 Å². The SMILES string of the molecule is CCCC(C)(CO)NCc1ccc(OC)c([N+](=O)[O-])c1. The summed E-state index contributed by atoms with van der Waals surface area (Å²) in [6.07, 6.45) is 1.79. The molecule has 112 valence electrons. The van der Waals surface area contributed by atoms with Gasteiger partial charge in [0.25, 0.3) is 0 Å². The zero-order chi connectivity index (χ0) is 15.2. The number of aliphatic hydroxyl groups excluding tert-OH is 1. The summed E-state index contributed by atoms with van der Waals surface area (Å²) in [5, 5.41) is 23.6. The molecule has 0 aliphatic rings. The summed E-state index contributed by atoms with van der Waals surface area (Å²) in [5.74, 6) is 0.247. The van der Waals surface area contributed by atoms with Crippen LogP contribution in [0.3, 0.4) is 0 Å². The number of methoxy groups -OCH3 is 1. The molecule has 0 bridgehead atoms. The molecule has 1 aromatic rings. The predicted molar refractivity (Wildman–Crippen MR) is 76.9 cm³/mol. The molecular weight excluding hydrogens is 260 g/mol. The van der Waals surface area contributed by atoms with E-state index in [2.05, 4.69) is 5.32 Å². The Balaban J connectivity index is 2.83. The van der Waals surface area contributed by atoms with Crippen LogP contribution < -0.4 is 10.1 Å². The fourth-order valence-electron chi connectivity index (χ4n) is 2.08. The fraction of sp³-hybridized carbons (Fsp3) is 0.571. The van der Waals surface area contributed by atoms with Crippen LogP contribution in [0.5, 0.6) is 5.75 Å². The van der Waals surface area contributed by atoms with Gasteiger partial charge in [-0.1, -0.05) is 19.4 Å². The first-order chi connectivity index (χ1) is 9.45. The van der Waals surface area contributed by atoms with Gasteiger partial charge in [0.05, 0.1) is 18.6 Å². The minimum absolute atomic E-state index is 0.0269. The Morgan fingerprint density at radius 2 is 2.20 bits per heavy atom. The highest BCUT2D eigenvalue weighted by atomic mass is 16.6. The van der Waals surface area contributed by atoms with Crippen molar-refractivity contribution in [3.05, 3.63) is 33.9 Å². The molecule has 1 unspecified atom stereocenters. The van der Waals surface area contributed by atoms with E-state index < -0.39 is 4.92 Å². The molecule has 0 heterocycles. The molecule has 20 heavy (non-hydrogen) atoms. The average molecular weight is 282 g/mol. The van der Waals surface area contributed by atoms with Crippen LogP contribution >= 0.6 is 0 Å². The lowest BCUT2D eigenvalue weighted by Crippen LogP contribution is -2.45. The summed E-state index contributed by atoms with van der Waals surface area (Å²) >= 11 is 0. The lowest BCUT2D eigenvalue weighted by molar-refractivity contribution is -0.385. The van der Waals surface area contributed by atoms with Crippen LogP contribution in [0.2, 0.25) is 0 Å². The van der Waals surface area contributed by atoms with Gasteiger partial charge < -0.3 is 15.2 Å². The first kappa shape index (κ1) is 16.4. The van der Waals surface area contributed by atoms with Gasteiger partial charge in [0.15, 0.2) is 5.75 Å². The van der Waals surface area contributed by atoms with Crippen molar-refractivity contribution in [2.75, 3.05) is 13.7 Å². The van der Waals surface area contributed by atoms with Gasteiger partial charge in [-0.05, 0) is 25.0 Å². The number of rotatable bonds is 8. The van der Waals surface area contributed by atoms with E-state index in [-0.39, 0.29) is 23.6 Å². The van der Waals surface area contributed by atoms with Crippen molar-refractivity contribution in [3.8, 4) is 5.75 Å². The molecule has 2 N–H and O–H groups in total. The number of hydrogen-bond donors (Lipinski definition) is 2. The Morgan fingerprint density at radius 3 is 2.70 bits per heavy atom. The largest absolute Gasteiger partial charge is 0.490 e. The maximum atomic E-state index is 11.0. The van der Waals surface area contributed by atoms with Gasteiger partial charge in [0.2, 0.25) is 0 Å². The number of ether oxygens (including phenoxy) is 1. The molecular formula is C14H22N2O4. The number of nitro benzene ring substituents is 1. The normalized spacial score (nSPS) is 13.8. The number of nitrogens with zero attached hydrogens (tertiary/aromatic N) is 1. The van der Waals surface area contributed by atoms with Crippen LogP contribution in [-0.4, -0.2) is 29.3 Å². The molecule has 0 saturated heterocycles.